The fourth-order valence-corrected chi connectivity index (χ4v) is 2.32. The van der Waals surface area contributed by atoms with E-state index in [-0.39, 0.29) is 17.0 Å². The number of rotatable bonds is 4. The maximum absolute atomic E-state index is 12.3. The van der Waals surface area contributed by atoms with Crippen molar-refractivity contribution >= 4 is 44.8 Å². The monoisotopic (exact) mass is 384 g/mol. The molecule has 6 nitrogen and oxygen atoms in total. The number of nitrogens with one attached hydrogen (secondary N) is 1. The molecule has 0 aliphatic rings. The normalized spacial score (nSPS) is 10.1. The Morgan fingerprint density at radius 2 is 2.05 bits per heavy atom. The van der Waals surface area contributed by atoms with E-state index in [2.05, 4.69) is 21.2 Å². The van der Waals surface area contributed by atoms with Crippen LogP contribution in [0, 0.1) is 10.1 Å². The highest BCUT2D eigenvalue weighted by molar-refractivity contribution is 9.10. The first-order valence-corrected chi connectivity index (χ1v) is 7.18. The predicted octanol–water partition coefficient (Wildman–Crippen LogP) is 4.27. The molecule has 0 aliphatic heterocycles. The molecule has 1 N–H and O–H groups in total. The van der Waals surface area contributed by atoms with Crippen LogP contribution in [0.25, 0.3) is 0 Å². The van der Waals surface area contributed by atoms with Crippen molar-refractivity contribution in [2.24, 2.45) is 0 Å². The molecule has 0 bridgehead atoms. The standard InChI is InChI=1S/C14H10BrClN2O4/c1-22-13-7-9(18(20)21)3-5-12(13)17-14(19)10-6-8(15)2-4-11(10)16/h2-7H,1H3,(H,17,19). The summed E-state index contributed by atoms with van der Waals surface area (Å²) in [5, 5.41) is 13.7. The van der Waals surface area contributed by atoms with Crippen LogP contribution in [0.3, 0.4) is 0 Å². The van der Waals surface area contributed by atoms with Crippen molar-refractivity contribution in [2.45, 2.75) is 0 Å². The van der Waals surface area contributed by atoms with E-state index in [9.17, 15) is 14.9 Å². The lowest BCUT2D eigenvalue weighted by Crippen LogP contribution is -2.13. The summed E-state index contributed by atoms with van der Waals surface area (Å²) in [6.45, 7) is 0. The van der Waals surface area contributed by atoms with E-state index >= 15 is 0 Å². The average Bonchev–Trinajstić information content (AvgIpc) is 2.49. The Bertz CT molecular complexity index is 752. The van der Waals surface area contributed by atoms with Gasteiger partial charge < -0.3 is 10.1 Å². The number of carbonyl (C=O) groups excluding carboxylic acids is 1. The summed E-state index contributed by atoms with van der Waals surface area (Å²) in [4.78, 5) is 22.5. The number of nitrogens with zero attached hydrogens (tertiary/aromatic N) is 1. The molecule has 0 atom stereocenters. The third-order valence-electron chi connectivity index (χ3n) is 2.82. The fraction of sp³-hybridized carbons (Fsp3) is 0.0714. The van der Waals surface area contributed by atoms with Gasteiger partial charge in [-0.25, -0.2) is 0 Å². The number of methoxy groups -OCH3 is 1. The minimum atomic E-state index is -0.542. The second-order valence-electron chi connectivity index (χ2n) is 4.22. The van der Waals surface area contributed by atoms with Crippen LogP contribution in [0.15, 0.2) is 40.9 Å². The number of ether oxygens (including phenoxy) is 1. The second kappa shape index (κ2) is 6.76. The van der Waals surface area contributed by atoms with Crippen molar-refractivity contribution in [3.63, 3.8) is 0 Å². The van der Waals surface area contributed by atoms with E-state index < -0.39 is 10.8 Å². The third-order valence-corrected chi connectivity index (χ3v) is 3.64. The van der Waals surface area contributed by atoms with Crippen molar-refractivity contribution in [3.05, 3.63) is 61.6 Å². The molecule has 0 aliphatic carbocycles. The Kier molecular flexibility index (Phi) is 4.99. The van der Waals surface area contributed by atoms with Gasteiger partial charge in [0, 0.05) is 10.5 Å². The minimum absolute atomic E-state index is 0.129. The predicted molar refractivity (Wildman–Crippen MR) is 86.8 cm³/mol. The molecule has 2 aromatic rings. The molecule has 0 spiro atoms. The molecule has 0 saturated heterocycles. The van der Waals surface area contributed by atoms with E-state index in [0.29, 0.717) is 15.2 Å². The molecule has 2 rings (SSSR count). The van der Waals surface area contributed by atoms with Gasteiger partial charge >= 0.3 is 0 Å². The number of nitro groups is 1. The molecule has 0 heterocycles. The summed E-state index contributed by atoms with van der Waals surface area (Å²) in [5.74, 6) is -0.257. The van der Waals surface area contributed by atoms with E-state index in [0.717, 1.165) is 0 Å². The number of hydrogen-bond acceptors (Lipinski definition) is 4. The first-order chi connectivity index (χ1) is 10.4. The highest BCUT2D eigenvalue weighted by Gasteiger charge is 2.16. The Hall–Kier alpha value is -2.12. The van der Waals surface area contributed by atoms with E-state index in [1.165, 1.54) is 25.3 Å². The number of anilines is 1. The summed E-state index contributed by atoms with van der Waals surface area (Å²) in [6, 6.07) is 8.80. The van der Waals surface area contributed by atoms with Crippen molar-refractivity contribution in [1.82, 2.24) is 0 Å². The van der Waals surface area contributed by atoms with Gasteiger partial charge in [0.05, 0.1) is 34.4 Å². The van der Waals surface area contributed by atoms with Gasteiger partial charge in [-0.2, -0.15) is 0 Å². The van der Waals surface area contributed by atoms with Crippen LogP contribution < -0.4 is 10.1 Å². The molecule has 2 aromatic carbocycles. The van der Waals surface area contributed by atoms with E-state index in [4.69, 9.17) is 16.3 Å². The van der Waals surface area contributed by atoms with Gasteiger partial charge in [0.25, 0.3) is 11.6 Å². The molecule has 22 heavy (non-hydrogen) atoms. The summed E-state index contributed by atoms with van der Waals surface area (Å²) in [7, 11) is 1.36. The number of non-ortho nitro benzene ring substituents is 1. The van der Waals surface area contributed by atoms with E-state index in [1.807, 2.05) is 0 Å². The molecule has 0 saturated carbocycles. The maximum atomic E-state index is 12.3. The van der Waals surface area contributed by atoms with Gasteiger partial charge in [0.2, 0.25) is 0 Å². The van der Waals surface area contributed by atoms with Crippen LogP contribution in [0.4, 0.5) is 11.4 Å². The van der Waals surface area contributed by atoms with Crippen molar-refractivity contribution in [2.75, 3.05) is 12.4 Å². The number of halogens is 2. The van der Waals surface area contributed by atoms with Crippen LogP contribution in [-0.2, 0) is 0 Å². The average molecular weight is 386 g/mol. The van der Waals surface area contributed by atoms with Gasteiger partial charge in [-0.05, 0) is 24.3 Å². The molecular formula is C14H10BrClN2O4. The van der Waals surface area contributed by atoms with Gasteiger partial charge in [-0.15, -0.1) is 0 Å². The highest BCUT2D eigenvalue weighted by Crippen LogP contribution is 2.30. The zero-order valence-corrected chi connectivity index (χ0v) is 13.6. The summed E-state index contributed by atoms with van der Waals surface area (Å²) < 4.78 is 5.77. The molecule has 0 radical (unpaired) electrons. The van der Waals surface area contributed by atoms with Crippen LogP contribution in [0.1, 0.15) is 10.4 Å². The summed E-state index contributed by atoms with van der Waals surface area (Å²) in [5.41, 5.74) is 0.459. The molecular weight excluding hydrogens is 376 g/mol. The number of benzene rings is 2. The smallest absolute Gasteiger partial charge is 0.273 e. The quantitative estimate of drug-likeness (QED) is 0.629. The SMILES string of the molecule is COc1cc([N+](=O)[O-])ccc1NC(=O)c1cc(Br)ccc1Cl. The topological polar surface area (TPSA) is 81.5 Å². The molecule has 0 aromatic heterocycles. The third kappa shape index (κ3) is 3.55. The van der Waals surface area contributed by atoms with Gasteiger partial charge in [0.1, 0.15) is 5.75 Å². The van der Waals surface area contributed by atoms with Crippen molar-refractivity contribution < 1.29 is 14.5 Å². The lowest BCUT2D eigenvalue weighted by Gasteiger charge is -2.11. The first kappa shape index (κ1) is 16.3. The minimum Gasteiger partial charge on any atom is -0.494 e. The van der Waals surface area contributed by atoms with Crippen LogP contribution in [0.2, 0.25) is 5.02 Å². The zero-order valence-electron chi connectivity index (χ0n) is 11.3. The maximum Gasteiger partial charge on any atom is 0.273 e. The summed E-state index contributed by atoms with van der Waals surface area (Å²) >= 11 is 9.26. The molecule has 0 unspecified atom stereocenters. The number of amides is 1. The van der Waals surface area contributed by atoms with Gasteiger partial charge in [-0.3, -0.25) is 14.9 Å². The highest BCUT2D eigenvalue weighted by atomic mass is 79.9. The Morgan fingerprint density at radius 1 is 1.32 bits per heavy atom. The number of hydrogen-bond donors (Lipinski definition) is 1. The molecule has 8 heteroatoms. The van der Waals surface area contributed by atoms with Crippen LogP contribution in [0.5, 0.6) is 5.75 Å². The number of nitro benzene ring substituents is 1. The number of carbonyl (C=O) groups is 1. The van der Waals surface area contributed by atoms with Crippen molar-refractivity contribution in [1.29, 1.82) is 0 Å². The lowest BCUT2D eigenvalue weighted by molar-refractivity contribution is -0.384. The Labute approximate surface area is 139 Å². The lowest BCUT2D eigenvalue weighted by atomic mass is 10.2. The molecule has 1 amide bonds. The Balaban J connectivity index is 2.32. The van der Waals surface area contributed by atoms with Crippen molar-refractivity contribution in [3.8, 4) is 5.75 Å². The van der Waals surface area contributed by atoms with Crippen LogP contribution in [-0.4, -0.2) is 17.9 Å². The zero-order chi connectivity index (χ0) is 16.3. The van der Waals surface area contributed by atoms with Gasteiger partial charge in [-0.1, -0.05) is 27.5 Å². The van der Waals surface area contributed by atoms with E-state index in [1.54, 1.807) is 18.2 Å². The largest absolute Gasteiger partial charge is 0.494 e. The Morgan fingerprint density at radius 3 is 2.68 bits per heavy atom. The molecule has 114 valence electrons. The van der Waals surface area contributed by atoms with Crippen LogP contribution >= 0.6 is 27.5 Å². The summed E-state index contributed by atoms with van der Waals surface area (Å²) in [6.07, 6.45) is 0. The fourth-order valence-electron chi connectivity index (χ4n) is 1.76. The molecule has 0 fully saturated rings. The first-order valence-electron chi connectivity index (χ1n) is 6.01. The second-order valence-corrected chi connectivity index (χ2v) is 5.54. The van der Waals surface area contributed by atoms with Gasteiger partial charge in [0.15, 0.2) is 0 Å².